The maximum Gasteiger partial charge on any atom is 0.138 e. The van der Waals surface area contributed by atoms with Crippen molar-refractivity contribution in [3.63, 3.8) is 0 Å². The molecule has 0 radical (unpaired) electrons. The minimum Gasteiger partial charge on any atom is -0.486 e. The van der Waals surface area contributed by atoms with Crippen LogP contribution in [-0.2, 0) is 6.61 Å². The summed E-state index contributed by atoms with van der Waals surface area (Å²) in [6, 6.07) is 5.61. The Morgan fingerprint density at radius 1 is 1.50 bits per heavy atom. The zero-order valence-corrected chi connectivity index (χ0v) is 11.9. The van der Waals surface area contributed by atoms with Crippen LogP contribution in [0.3, 0.4) is 0 Å². The van der Waals surface area contributed by atoms with Crippen molar-refractivity contribution in [1.29, 1.82) is 0 Å². The maximum absolute atomic E-state index is 6.15. The lowest BCUT2D eigenvalue weighted by molar-refractivity contribution is 0.309. The third-order valence-corrected chi connectivity index (χ3v) is 3.70. The molecule has 1 unspecified atom stereocenters. The molecule has 0 saturated carbocycles. The highest BCUT2D eigenvalue weighted by Crippen LogP contribution is 2.28. The summed E-state index contributed by atoms with van der Waals surface area (Å²) in [5, 5.41) is 1.62. The molecule has 0 aliphatic heterocycles. The van der Waals surface area contributed by atoms with Gasteiger partial charge in [-0.3, -0.25) is 0 Å². The fraction of sp³-hybridized carbons (Fsp3) is 0.308. The van der Waals surface area contributed by atoms with Gasteiger partial charge in [0.1, 0.15) is 12.4 Å². The summed E-state index contributed by atoms with van der Waals surface area (Å²) in [5.41, 5.74) is 6.80. The van der Waals surface area contributed by atoms with Crippen molar-refractivity contribution in [2.24, 2.45) is 5.73 Å². The zero-order chi connectivity index (χ0) is 13.1. The van der Waals surface area contributed by atoms with Crippen LogP contribution in [0.4, 0.5) is 0 Å². The SMILES string of the molecule is Cc1ncc(COc2ccc(C(C)N)cc2Cl)s1. The van der Waals surface area contributed by atoms with Gasteiger partial charge in [0.2, 0.25) is 0 Å². The van der Waals surface area contributed by atoms with Crippen molar-refractivity contribution in [2.45, 2.75) is 26.5 Å². The Labute approximate surface area is 116 Å². The molecule has 3 nitrogen and oxygen atoms in total. The van der Waals surface area contributed by atoms with Crippen LogP contribution in [0.1, 0.15) is 28.4 Å². The van der Waals surface area contributed by atoms with Gasteiger partial charge in [-0.2, -0.15) is 0 Å². The monoisotopic (exact) mass is 282 g/mol. The lowest BCUT2D eigenvalue weighted by Crippen LogP contribution is -2.05. The largest absolute Gasteiger partial charge is 0.486 e. The fourth-order valence-corrected chi connectivity index (χ4v) is 2.49. The molecule has 1 aromatic heterocycles. The molecule has 2 N–H and O–H groups in total. The molecule has 0 saturated heterocycles. The molecule has 1 atom stereocenters. The lowest BCUT2D eigenvalue weighted by Gasteiger charge is -2.10. The van der Waals surface area contributed by atoms with E-state index >= 15 is 0 Å². The summed E-state index contributed by atoms with van der Waals surface area (Å²) in [5.74, 6) is 0.673. The molecule has 0 aliphatic rings. The molecule has 18 heavy (non-hydrogen) atoms. The van der Waals surface area contributed by atoms with Crippen molar-refractivity contribution in [3.05, 3.63) is 44.9 Å². The number of rotatable bonds is 4. The average Bonchev–Trinajstić information content (AvgIpc) is 2.73. The molecular weight excluding hydrogens is 268 g/mol. The van der Waals surface area contributed by atoms with Crippen LogP contribution in [0.5, 0.6) is 5.75 Å². The Hall–Kier alpha value is -1.10. The number of thiazole rings is 1. The second-order valence-electron chi connectivity index (χ2n) is 4.11. The summed E-state index contributed by atoms with van der Waals surface area (Å²) in [4.78, 5) is 5.26. The van der Waals surface area contributed by atoms with Crippen molar-refractivity contribution in [3.8, 4) is 5.75 Å². The van der Waals surface area contributed by atoms with Gasteiger partial charge >= 0.3 is 0 Å². The van der Waals surface area contributed by atoms with Gasteiger partial charge in [-0.15, -0.1) is 11.3 Å². The number of aromatic nitrogens is 1. The van der Waals surface area contributed by atoms with Crippen LogP contribution >= 0.6 is 22.9 Å². The third kappa shape index (κ3) is 3.22. The number of ether oxygens (including phenoxy) is 1. The van der Waals surface area contributed by atoms with Gasteiger partial charge in [-0.25, -0.2) is 4.98 Å². The topological polar surface area (TPSA) is 48.1 Å². The van der Waals surface area contributed by atoms with Gasteiger partial charge in [0.25, 0.3) is 0 Å². The van der Waals surface area contributed by atoms with E-state index in [0.29, 0.717) is 17.4 Å². The van der Waals surface area contributed by atoms with Gasteiger partial charge in [0.05, 0.1) is 14.9 Å². The lowest BCUT2D eigenvalue weighted by atomic mass is 10.1. The number of hydrogen-bond donors (Lipinski definition) is 1. The minimum atomic E-state index is -0.0271. The Kier molecular flexibility index (Phi) is 4.22. The number of nitrogens with two attached hydrogens (primary N) is 1. The van der Waals surface area contributed by atoms with E-state index in [-0.39, 0.29) is 6.04 Å². The molecule has 2 rings (SSSR count). The molecule has 1 heterocycles. The van der Waals surface area contributed by atoms with Crippen molar-refractivity contribution in [2.75, 3.05) is 0 Å². The van der Waals surface area contributed by atoms with Crippen molar-refractivity contribution >= 4 is 22.9 Å². The first-order valence-corrected chi connectivity index (χ1v) is 6.85. The molecule has 5 heteroatoms. The van der Waals surface area contributed by atoms with E-state index in [4.69, 9.17) is 22.1 Å². The number of benzene rings is 1. The van der Waals surface area contributed by atoms with Crippen LogP contribution < -0.4 is 10.5 Å². The van der Waals surface area contributed by atoms with Gasteiger partial charge in [0.15, 0.2) is 0 Å². The van der Waals surface area contributed by atoms with Crippen LogP contribution in [0.25, 0.3) is 0 Å². The Balaban J connectivity index is 2.05. The van der Waals surface area contributed by atoms with Crippen LogP contribution in [0, 0.1) is 6.92 Å². The molecule has 0 amide bonds. The molecule has 0 spiro atoms. The summed E-state index contributed by atoms with van der Waals surface area (Å²) in [7, 11) is 0. The van der Waals surface area contributed by atoms with E-state index in [9.17, 15) is 0 Å². The third-order valence-electron chi connectivity index (χ3n) is 2.52. The Morgan fingerprint density at radius 2 is 2.28 bits per heavy atom. The highest BCUT2D eigenvalue weighted by Gasteiger charge is 2.07. The van der Waals surface area contributed by atoms with E-state index in [0.717, 1.165) is 15.4 Å². The van der Waals surface area contributed by atoms with E-state index < -0.39 is 0 Å². The summed E-state index contributed by atoms with van der Waals surface area (Å²) in [6.45, 7) is 4.38. The molecular formula is C13H15ClN2OS. The molecule has 2 aromatic rings. The smallest absolute Gasteiger partial charge is 0.138 e. The molecule has 0 bridgehead atoms. The summed E-state index contributed by atoms with van der Waals surface area (Å²) >= 11 is 7.77. The van der Waals surface area contributed by atoms with E-state index in [2.05, 4.69) is 4.98 Å². The molecule has 0 aliphatic carbocycles. The predicted molar refractivity (Wildman–Crippen MR) is 75.2 cm³/mol. The number of aryl methyl sites for hydroxylation is 1. The van der Waals surface area contributed by atoms with Gasteiger partial charge in [-0.1, -0.05) is 17.7 Å². The first kappa shape index (κ1) is 13.3. The quantitative estimate of drug-likeness (QED) is 0.930. The van der Waals surface area contributed by atoms with Crippen LogP contribution in [0.2, 0.25) is 5.02 Å². The minimum absolute atomic E-state index is 0.0271. The maximum atomic E-state index is 6.15. The summed E-state index contributed by atoms with van der Waals surface area (Å²) < 4.78 is 5.67. The Morgan fingerprint density at radius 3 is 2.83 bits per heavy atom. The van der Waals surface area contributed by atoms with Gasteiger partial charge in [-0.05, 0) is 31.5 Å². The van der Waals surface area contributed by atoms with Gasteiger partial charge in [0, 0.05) is 12.2 Å². The zero-order valence-electron chi connectivity index (χ0n) is 10.3. The standard InChI is InChI=1S/C13H15ClN2OS/c1-8(15)10-3-4-13(12(14)5-10)17-7-11-6-16-9(2)18-11/h3-6,8H,7,15H2,1-2H3. The number of halogens is 1. The van der Waals surface area contributed by atoms with Crippen molar-refractivity contribution in [1.82, 2.24) is 4.98 Å². The average molecular weight is 283 g/mol. The highest BCUT2D eigenvalue weighted by atomic mass is 35.5. The van der Waals surface area contributed by atoms with E-state index in [1.165, 1.54) is 0 Å². The highest BCUT2D eigenvalue weighted by molar-refractivity contribution is 7.11. The molecule has 0 fully saturated rings. The number of nitrogens with zero attached hydrogens (tertiary/aromatic N) is 1. The molecule has 96 valence electrons. The fourth-order valence-electron chi connectivity index (χ4n) is 1.54. The first-order chi connectivity index (χ1) is 8.56. The van der Waals surface area contributed by atoms with E-state index in [1.54, 1.807) is 11.3 Å². The van der Waals surface area contributed by atoms with Gasteiger partial charge < -0.3 is 10.5 Å². The molecule has 1 aromatic carbocycles. The normalized spacial score (nSPS) is 12.4. The van der Waals surface area contributed by atoms with E-state index in [1.807, 2.05) is 38.2 Å². The second-order valence-corrected chi connectivity index (χ2v) is 5.84. The predicted octanol–water partition coefficient (Wildman–Crippen LogP) is 3.70. The first-order valence-electron chi connectivity index (χ1n) is 5.65. The Bertz CT molecular complexity index is 540. The number of hydrogen-bond acceptors (Lipinski definition) is 4. The summed E-state index contributed by atoms with van der Waals surface area (Å²) in [6.07, 6.45) is 1.82. The van der Waals surface area contributed by atoms with Crippen LogP contribution in [-0.4, -0.2) is 4.98 Å². The second kappa shape index (κ2) is 5.69. The van der Waals surface area contributed by atoms with Crippen molar-refractivity contribution < 1.29 is 4.74 Å². The van der Waals surface area contributed by atoms with Crippen LogP contribution in [0.15, 0.2) is 24.4 Å².